The lowest BCUT2D eigenvalue weighted by atomic mass is 9.58. The molecule has 6 nitrogen and oxygen atoms in total. The quantitative estimate of drug-likeness (QED) is 0.412. The lowest BCUT2D eigenvalue weighted by Crippen LogP contribution is -2.54. The number of hydrogen-bond donors (Lipinski definition) is 2. The highest BCUT2D eigenvalue weighted by molar-refractivity contribution is 7.90. The Kier molecular flexibility index (Phi) is 5.17. The molecule has 7 heteroatoms. The summed E-state index contributed by atoms with van der Waals surface area (Å²) in [6.07, 6.45) is 3.64. The fourth-order valence-electron chi connectivity index (χ4n) is 5.86. The molecule has 5 rings (SSSR count). The number of hydrogen-bond acceptors (Lipinski definition) is 4. The van der Waals surface area contributed by atoms with Crippen molar-refractivity contribution in [1.82, 2.24) is 9.29 Å². The second kappa shape index (κ2) is 7.67. The third-order valence-electron chi connectivity index (χ3n) is 8.12. The number of benzene rings is 2. The first-order valence-corrected chi connectivity index (χ1v) is 13.1. The molecule has 1 amide bonds. The van der Waals surface area contributed by atoms with Crippen LogP contribution in [-0.4, -0.2) is 36.1 Å². The molecule has 0 aliphatic heterocycles. The molecular weight excluding hydrogens is 460 g/mol. The Labute approximate surface area is 206 Å². The fourth-order valence-corrected chi connectivity index (χ4v) is 7.23. The average Bonchev–Trinajstić information content (AvgIpc) is 3.22. The lowest BCUT2D eigenvalue weighted by Gasteiger charge is -2.50. The Balaban J connectivity index is 1.86. The van der Waals surface area contributed by atoms with Gasteiger partial charge < -0.3 is 10.4 Å². The Hall–Kier alpha value is -3.16. The van der Waals surface area contributed by atoms with E-state index in [1.165, 1.54) is 3.97 Å². The first kappa shape index (κ1) is 23.6. The minimum Gasteiger partial charge on any atom is -0.392 e. The lowest BCUT2D eigenvalue weighted by molar-refractivity contribution is -0.110. The van der Waals surface area contributed by atoms with Crippen molar-refractivity contribution in [3.05, 3.63) is 83.6 Å². The Bertz CT molecular complexity index is 1510. The van der Waals surface area contributed by atoms with Crippen LogP contribution in [0.15, 0.2) is 71.8 Å². The summed E-state index contributed by atoms with van der Waals surface area (Å²) < 4.78 is 29.0. The monoisotopic (exact) mass is 490 g/mol. The van der Waals surface area contributed by atoms with Gasteiger partial charge in [0.15, 0.2) is 0 Å². The number of aryl methyl sites for hydroxylation is 1. The number of nitrogens with one attached hydrogen (secondary N) is 1. The summed E-state index contributed by atoms with van der Waals surface area (Å²) in [6.45, 7) is 11.9. The number of rotatable bonds is 5. The Morgan fingerprint density at radius 1 is 1.14 bits per heavy atom. The predicted molar refractivity (Wildman–Crippen MR) is 138 cm³/mol. The first-order valence-electron chi connectivity index (χ1n) is 11.7. The molecule has 35 heavy (non-hydrogen) atoms. The van der Waals surface area contributed by atoms with Crippen LogP contribution in [0.4, 0.5) is 0 Å². The molecule has 2 aliphatic rings. The maximum absolute atomic E-state index is 13.8. The van der Waals surface area contributed by atoms with Gasteiger partial charge in [0.05, 0.1) is 22.6 Å². The van der Waals surface area contributed by atoms with Crippen LogP contribution < -0.4 is 5.32 Å². The van der Waals surface area contributed by atoms with Gasteiger partial charge in [0.25, 0.3) is 10.0 Å². The van der Waals surface area contributed by atoms with E-state index in [2.05, 4.69) is 25.7 Å². The van der Waals surface area contributed by atoms with Gasteiger partial charge in [0, 0.05) is 28.0 Å². The summed E-state index contributed by atoms with van der Waals surface area (Å²) in [7, 11) is -3.88. The van der Waals surface area contributed by atoms with Crippen molar-refractivity contribution in [2.24, 2.45) is 5.41 Å². The van der Waals surface area contributed by atoms with Crippen molar-refractivity contribution in [2.45, 2.75) is 56.6 Å². The van der Waals surface area contributed by atoms with Gasteiger partial charge in [-0.25, -0.2) is 12.4 Å². The molecule has 3 atom stereocenters. The topological polar surface area (TPSA) is 88.4 Å². The molecule has 1 aromatic heterocycles. The highest BCUT2D eigenvalue weighted by atomic mass is 32.2. The van der Waals surface area contributed by atoms with Crippen LogP contribution in [0.1, 0.15) is 43.9 Å². The minimum atomic E-state index is -3.88. The standard InChI is InChI=1S/C28H30N2O4S/c1-6-28(5)23(32)14-21-25(26(28)29-16-31)19-15-30(35(33,34)18-12-10-17(2)11-13-18)22-9-7-8-20(24(19)22)27(21,3)4/h6-13,15-16,23,26,32H,1,14H2,2-5H3,(H,29,31)/t23-,26-,28+/m1/s1. The van der Waals surface area contributed by atoms with Gasteiger partial charge in [-0.15, -0.1) is 6.58 Å². The molecule has 182 valence electrons. The summed E-state index contributed by atoms with van der Waals surface area (Å²) in [5.74, 6) is 0. The molecule has 0 spiro atoms. The number of nitrogens with zero attached hydrogens (tertiary/aromatic N) is 1. The van der Waals surface area contributed by atoms with E-state index in [1.54, 1.807) is 36.5 Å². The highest BCUT2D eigenvalue weighted by Crippen LogP contribution is 2.56. The van der Waals surface area contributed by atoms with Crippen LogP contribution in [-0.2, 0) is 20.2 Å². The Morgan fingerprint density at radius 3 is 2.46 bits per heavy atom. The average molecular weight is 491 g/mol. The molecule has 2 aromatic carbocycles. The zero-order chi connectivity index (χ0) is 25.3. The third-order valence-corrected chi connectivity index (χ3v) is 9.81. The van der Waals surface area contributed by atoms with E-state index in [9.17, 15) is 18.3 Å². The normalized spacial score (nSPS) is 25.3. The van der Waals surface area contributed by atoms with Gasteiger partial charge in [-0.1, -0.05) is 62.2 Å². The third kappa shape index (κ3) is 3.11. The van der Waals surface area contributed by atoms with Gasteiger partial charge in [-0.2, -0.15) is 0 Å². The molecule has 2 N–H and O–H groups in total. The van der Waals surface area contributed by atoms with E-state index >= 15 is 0 Å². The molecule has 0 saturated carbocycles. The number of fused-ring (bicyclic) bond motifs is 1. The van der Waals surface area contributed by atoms with Crippen molar-refractivity contribution in [3.8, 4) is 0 Å². The molecule has 3 aromatic rings. The van der Waals surface area contributed by atoms with Crippen LogP contribution >= 0.6 is 0 Å². The van der Waals surface area contributed by atoms with Crippen molar-refractivity contribution in [3.63, 3.8) is 0 Å². The Morgan fingerprint density at radius 2 is 1.83 bits per heavy atom. The number of amides is 1. The van der Waals surface area contributed by atoms with Crippen LogP contribution in [0.3, 0.4) is 0 Å². The molecule has 2 aliphatic carbocycles. The molecule has 1 heterocycles. The number of carbonyl (C=O) groups is 1. The van der Waals surface area contributed by atoms with Gasteiger partial charge >= 0.3 is 0 Å². The number of aliphatic hydroxyl groups excluding tert-OH is 1. The molecule has 0 fully saturated rings. The second-order valence-corrected chi connectivity index (χ2v) is 12.2. The summed E-state index contributed by atoms with van der Waals surface area (Å²) in [4.78, 5) is 11.9. The smallest absolute Gasteiger partial charge is 0.268 e. The predicted octanol–water partition coefficient (Wildman–Crippen LogP) is 4.30. The van der Waals surface area contributed by atoms with Crippen molar-refractivity contribution in [1.29, 1.82) is 0 Å². The second-order valence-electron chi connectivity index (χ2n) is 10.4. The zero-order valence-electron chi connectivity index (χ0n) is 20.4. The van der Waals surface area contributed by atoms with E-state index in [4.69, 9.17) is 0 Å². The summed E-state index contributed by atoms with van der Waals surface area (Å²) >= 11 is 0. The largest absolute Gasteiger partial charge is 0.392 e. The number of aromatic nitrogens is 1. The van der Waals surface area contributed by atoms with E-state index < -0.39 is 33.0 Å². The van der Waals surface area contributed by atoms with Gasteiger partial charge in [-0.05, 0) is 42.7 Å². The molecule has 0 saturated heterocycles. The first-order chi connectivity index (χ1) is 16.5. The minimum absolute atomic E-state index is 0.210. The van der Waals surface area contributed by atoms with Crippen LogP contribution in [0, 0.1) is 12.3 Å². The van der Waals surface area contributed by atoms with Gasteiger partial charge in [-0.3, -0.25) is 4.79 Å². The van der Waals surface area contributed by atoms with Crippen LogP contribution in [0.5, 0.6) is 0 Å². The molecular formula is C28H30N2O4S. The SMILES string of the molecule is C=C[C@@]1(C)[C@H](O)CC2=C(c3cn(S(=O)(=O)c4ccc(C)cc4)c4cccc(c34)C2(C)C)[C@H]1NC=O. The summed E-state index contributed by atoms with van der Waals surface area (Å²) in [6, 6.07) is 12.0. The highest BCUT2D eigenvalue weighted by Gasteiger charge is 2.51. The van der Waals surface area contributed by atoms with E-state index in [1.807, 2.05) is 32.0 Å². The van der Waals surface area contributed by atoms with Crippen molar-refractivity contribution in [2.75, 3.05) is 0 Å². The maximum atomic E-state index is 13.8. The summed E-state index contributed by atoms with van der Waals surface area (Å²) in [5.41, 5.74) is 3.88. The van der Waals surface area contributed by atoms with E-state index in [0.717, 1.165) is 33.2 Å². The van der Waals surface area contributed by atoms with Gasteiger partial charge in [0.2, 0.25) is 6.41 Å². The molecule has 0 bridgehead atoms. The molecule has 0 unspecified atom stereocenters. The van der Waals surface area contributed by atoms with Crippen molar-refractivity contribution < 1.29 is 18.3 Å². The van der Waals surface area contributed by atoms with Crippen LogP contribution in [0.2, 0.25) is 0 Å². The van der Waals surface area contributed by atoms with Crippen LogP contribution in [0.25, 0.3) is 16.5 Å². The summed E-state index contributed by atoms with van der Waals surface area (Å²) in [5, 5.41) is 15.0. The number of carbonyl (C=O) groups excluding carboxylic acids is 1. The fraction of sp³-hybridized carbons (Fsp3) is 0.321. The zero-order valence-corrected chi connectivity index (χ0v) is 21.2. The van der Waals surface area contributed by atoms with E-state index in [0.29, 0.717) is 18.3 Å². The maximum Gasteiger partial charge on any atom is 0.268 e. The van der Waals surface area contributed by atoms with Gasteiger partial charge in [0.1, 0.15) is 0 Å². The molecule has 0 radical (unpaired) electrons. The van der Waals surface area contributed by atoms with Crippen molar-refractivity contribution >= 4 is 32.9 Å². The number of aliphatic hydroxyl groups is 1. The van der Waals surface area contributed by atoms with E-state index in [-0.39, 0.29) is 4.90 Å².